The van der Waals surface area contributed by atoms with Crippen LogP contribution in [0.25, 0.3) is 0 Å². The molecule has 0 spiro atoms. The number of nitrogens with one attached hydrogen (secondary N) is 2. The number of nitrogens with two attached hydrogens (primary N) is 1. The van der Waals surface area contributed by atoms with Gasteiger partial charge in [0.25, 0.3) is 0 Å². The normalized spacial score (nSPS) is 33.7. The lowest BCUT2D eigenvalue weighted by molar-refractivity contribution is 0.0425. The molecule has 0 bridgehead atoms. The SMILES string of the molecule is CC1NCCOC1C(=N)N. The number of hydrogen-bond donors (Lipinski definition) is 3. The highest BCUT2D eigenvalue weighted by molar-refractivity contribution is 5.82. The van der Waals surface area contributed by atoms with Crippen molar-refractivity contribution in [3.8, 4) is 0 Å². The van der Waals surface area contributed by atoms with Gasteiger partial charge in [0.05, 0.1) is 6.61 Å². The highest BCUT2D eigenvalue weighted by Crippen LogP contribution is 2.02. The number of amidine groups is 1. The molecule has 0 aromatic rings. The Bertz CT molecular complexity index is 137. The summed E-state index contributed by atoms with van der Waals surface area (Å²) in [6.45, 7) is 3.46. The van der Waals surface area contributed by atoms with Crippen molar-refractivity contribution in [1.29, 1.82) is 5.41 Å². The van der Waals surface area contributed by atoms with Gasteiger partial charge in [0.15, 0.2) is 0 Å². The van der Waals surface area contributed by atoms with Crippen LogP contribution in [0.4, 0.5) is 0 Å². The molecular formula is C6H13N3O. The minimum absolute atomic E-state index is 0.111. The summed E-state index contributed by atoms with van der Waals surface area (Å²) in [5.41, 5.74) is 5.28. The predicted molar refractivity (Wildman–Crippen MR) is 39.1 cm³/mol. The topological polar surface area (TPSA) is 71.1 Å². The van der Waals surface area contributed by atoms with Crippen LogP contribution in [0, 0.1) is 5.41 Å². The molecular weight excluding hydrogens is 130 g/mol. The van der Waals surface area contributed by atoms with E-state index in [1.807, 2.05) is 6.92 Å². The third-order valence-electron chi connectivity index (χ3n) is 1.63. The fourth-order valence-electron chi connectivity index (χ4n) is 1.08. The molecule has 1 fully saturated rings. The molecule has 1 rings (SSSR count). The van der Waals surface area contributed by atoms with Gasteiger partial charge in [-0.2, -0.15) is 0 Å². The quantitative estimate of drug-likeness (QED) is 0.336. The molecule has 2 atom stereocenters. The zero-order valence-electron chi connectivity index (χ0n) is 6.05. The minimum atomic E-state index is -0.228. The Morgan fingerprint density at radius 2 is 2.50 bits per heavy atom. The molecule has 4 nitrogen and oxygen atoms in total. The molecule has 2 unspecified atom stereocenters. The van der Waals surface area contributed by atoms with Crippen LogP contribution in [-0.4, -0.2) is 31.1 Å². The molecule has 0 aliphatic carbocycles. The van der Waals surface area contributed by atoms with Gasteiger partial charge in [0.1, 0.15) is 11.9 Å². The van der Waals surface area contributed by atoms with Crippen molar-refractivity contribution in [2.45, 2.75) is 19.1 Å². The standard InChI is InChI=1S/C6H13N3O/c1-4-5(6(7)8)10-3-2-9-4/h4-5,9H,2-3H2,1H3,(H3,7,8). The Labute approximate surface area is 60.2 Å². The van der Waals surface area contributed by atoms with Crippen molar-refractivity contribution in [2.75, 3.05) is 13.2 Å². The molecule has 0 saturated carbocycles. The van der Waals surface area contributed by atoms with E-state index < -0.39 is 0 Å². The second-order valence-electron chi connectivity index (χ2n) is 2.49. The summed E-state index contributed by atoms with van der Waals surface area (Å²) in [6.07, 6.45) is -0.228. The summed E-state index contributed by atoms with van der Waals surface area (Å²) < 4.78 is 5.24. The van der Waals surface area contributed by atoms with E-state index in [-0.39, 0.29) is 18.0 Å². The second kappa shape index (κ2) is 2.98. The number of morpholine rings is 1. The Balaban J connectivity index is 2.47. The fraction of sp³-hybridized carbons (Fsp3) is 0.833. The van der Waals surface area contributed by atoms with Gasteiger partial charge in [0, 0.05) is 12.6 Å². The first-order valence-corrected chi connectivity index (χ1v) is 3.40. The first-order chi connectivity index (χ1) is 4.72. The maximum Gasteiger partial charge on any atom is 0.129 e. The summed E-state index contributed by atoms with van der Waals surface area (Å²) >= 11 is 0. The molecule has 0 radical (unpaired) electrons. The molecule has 0 aromatic carbocycles. The van der Waals surface area contributed by atoms with Crippen LogP contribution < -0.4 is 11.1 Å². The summed E-state index contributed by atoms with van der Waals surface area (Å²) in [5.74, 6) is 0.111. The number of rotatable bonds is 1. The number of hydrogen-bond acceptors (Lipinski definition) is 3. The van der Waals surface area contributed by atoms with Crippen LogP contribution in [-0.2, 0) is 4.74 Å². The first kappa shape index (κ1) is 7.50. The second-order valence-corrected chi connectivity index (χ2v) is 2.49. The molecule has 58 valence electrons. The van der Waals surface area contributed by atoms with E-state index in [4.69, 9.17) is 15.9 Å². The molecule has 1 aliphatic rings. The Morgan fingerprint density at radius 1 is 1.80 bits per heavy atom. The molecule has 1 heterocycles. The molecule has 4 heteroatoms. The van der Waals surface area contributed by atoms with Gasteiger partial charge >= 0.3 is 0 Å². The zero-order chi connectivity index (χ0) is 7.56. The van der Waals surface area contributed by atoms with Crippen molar-refractivity contribution in [3.05, 3.63) is 0 Å². The molecule has 0 amide bonds. The van der Waals surface area contributed by atoms with Crippen molar-refractivity contribution < 1.29 is 4.74 Å². The lowest BCUT2D eigenvalue weighted by Gasteiger charge is -2.28. The maximum atomic E-state index is 7.13. The lowest BCUT2D eigenvalue weighted by atomic mass is 10.1. The minimum Gasteiger partial charge on any atom is -0.385 e. The van der Waals surface area contributed by atoms with Crippen molar-refractivity contribution in [3.63, 3.8) is 0 Å². The number of ether oxygens (including phenoxy) is 1. The summed E-state index contributed by atoms with van der Waals surface area (Å²) in [7, 11) is 0. The lowest BCUT2D eigenvalue weighted by Crippen LogP contribution is -2.52. The van der Waals surface area contributed by atoms with Crippen LogP contribution in [0.1, 0.15) is 6.92 Å². The summed E-state index contributed by atoms with van der Waals surface area (Å²) in [4.78, 5) is 0. The predicted octanol–water partition coefficient (Wildman–Crippen LogP) is -0.701. The summed E-state index contributed by atoms with van der Waals surface area (Å²) in [6, 6.07) is 0.172. The average Bonchev–Trinajstić information content (AvgIpc) is 1.88. The van der Waals surface area contributed by atoms with Crippen LogP contribution in [0.3, 0.4) is 0 Å². The highest BCUT2D eigenvalue weighted by Gasteiger charge is 2.23. The van der Waals surface area contributed by atoms with Gasteiger partial charge in [0.2, 0.25) is 0 Å². The first-order valence-electron chi connectivity index (χ1n) is 3.40. The smallest absolute Gasteiger partial charge is 0.129 e. The van der Waals surface area contributed by atoms with Crippen LogP contribution >= 0.6 is 0 Å². The third kappa shape index (κ3) is 1.46. The zero-order valence-corrected chi connectivity index (χ0v) is 6.05. The van der Waals surface area contributed by atoms with Gasteiger partial charge in [-0.05, 0) is 6.92 Å². The van der Waals surface area contributed by atoms with E-state index in [1.54, 1.807) is 0 Å². The summed E-state index contributed by atoms with van der Waals surface area (Å²) in [5, 5.41) is 10.3. The molecule has 10 heavy (non-hydrogen) atoms. The third-order valence-corrected chi connectivity index (χ3v) is 1.63. The largest absolute Gasteiger partial charge is 0.385 e. The van der Waals surface area contributed by atoms with Gasteiger partial charge < -0.3 is 15.8 Å². The van der Waals surface area contributed by atoms with E-state index in [1.165, 1.54) is 0 Å². The van der Waals surface area contributed by atoms with Crippen molar-refractivity contribution in [2.24, 2.45) is 5.73 Å². The van der Waals surface area contributed by atoms with E-state index >= 15 is 0 Å². The van der Waals surface area contributed by atoms with E-state index in [0.717, 1.165) is 6.54 Å². The average molecular weight is 143 g/mol. The van der Waals surface area contributed by atoms with Crippen LogP contribution in [0.5, 0.6) is 0 Å². The monoisotopic (exact) mass is 143 g/mol. The fourth-order valence-corrected chi connectivity index (χ4v) is 1.08. The molecule has 1 aliphatic heterocycles. The van der Waals surface area contributed by atoms with Gasteiger partial charge in [-0.3, -0.25) is 5.41 Å². The van der Waals surface area contributed by atoms with E-state index in [9.17, 15) is 0 Å². The Hall–Kier alpha value is -0.610. The van der Waals surface area contributed by atoms with Crippen molar-refractivity contribution in [1.82, 2.24) is 5.32 Å². The maximum absolute atomic E-state index is 7.13. The van der Waals surface area contributed by atoms with Crippen molar-refractivity contribution >= 4 is 5.84 Å². The van der Waals surface area contributed by atoms with Crippen LogP contribution in [0.2, 0.25) is 0 Å². The Kier molecular flexibility index (Phi) is 2.24. The molecule has 0 aromatic heterocycles. The van der Waals surface area contributed by atoms with Gasteiger partial charge in [-0.1, -0.05) is 0 Å². The molecule has 1 saturated heterocycles. The van der Waals surface area contributed by atoms with Crippen LogP contribution in [0.15, 0.2) is 0 Å². The van der Waals surface area contributed by atoms with E-state index in [0.29, 0.717) is 6.61 Å². The van der Waals surface area contributed by atoms with E-state index in [2.05, 4.69) is 5.32 Å². The molecule has 4 N–H and O–H groups in total. The van der Waals surface area contributed by atoms with Gasteiger partial charge in [-0.25, -0.2) is 0 Å². The Morgan fingerprint density at radius 3 is 2.90 bits per heavy atom. The highest BCUT2D eigenvalue weighted by atomic mass is 16.5. The van der Waals surface area contributed by atoms with Gasteiger partial charge in [-0.15, -0.1) is 0 Å².